The van der Waals surface area contributed by atoms with Gasteiger partial charge >= 0.3 is 0 Å². The average Bonchev–Trinajstić information content (AvgIpc) is 3.23. The molecule has 3 fully saturated rings. The van der Waals surface area contributed by atoms with Gasteiger partial charge < -0.3 is 14.8 Å². The largest absolute Gasteiger partial charge is 0.497 e. The van der Waals surface area contributed by atoms with Crippen molar-refractivity contribution in [3.63, 3.8) is 0 Å². The average molecular weight is 399 g/mol. The lowest BCUT2D eigenvalue weighted by atomic mass is 9.75. The topological polar surface area (TPSA) is 81.5 Å². The van der Waals surface area contributed by atoms with E-state index in [1.54, 1.807) is 14.2 Å². The Hall–Kier alpha value is -2.45. The van der Waals surface area contributed by atoms with Crippen LogP contribution in [-0.4, -0.2) is 72.3 Å². The van der Waals surface area contributed by atoms with Crippen LogP contribution < -0.4 is 10.1 Å². The SMILES string of the molecule is COCCNC(=O)C1CN2CCC1CC2Cn1cc(-c2ccc(OC)cc2)nn1. The van der Waals surface area contributed by atoms with Crippen LogP contribution >= 0.6 is 0 Å². The molecule has 2 bridgehead atoms. The molecule has 1 aromatic heterocycles. The van der Waals surface area contributed by atoms with E-state index in [2.05, 4.69) is 20.5 Å². The minimum absolute atomic E-state index is 0.0856. The maximum Gasteiger partial charge on any atom is 0.224 e. The molecule has 2 aromatic rings. The van der Waals surface area contributed by atoms with Crippen molar-refractivity contribution in [2.75, 3.05) is 40.5 Å². The summed E-state index contributed by atoms with van der Waals surface area (Å²) in [5.41, 5.74) is 1.88. The van der Waals surface area contributed by atoms with Gasteiger partial charge in [-0.05, 0) is 49.6 Å². The number of benzene rings is 1. The van der Waals surface area contributed by atoms with Crippen LogP contribution in [0.3, 0.4) is 0 Å². The van der Waals surface area contributed by atoms with Crippen LogP contribution in [0.25, 0.3) is 11.3 Å². The molecule has 0 radical (unpaired) electrons. The molecule has 3 saturated heterocycles. The van der Waals surface area contributed by atoms with E-state index in [1.807, 2.05) is 35.1 Å². The summed E-state index contributed by atoms with van der Waals surface area (Å²) < 4.78 is 12.2. The molecular formula is C21H29N5O3. The smallest absolute Gasteiger partial charge is 0.224 e. The van der Waals surface area contributed by atoms with Gasteiger partial charge in [-0.2, -0.15) is 0 Å². The summed E-state index contributed by atoms with van der Waals surface area (Å²) in [4.78, 5) is 14.9. The van der Waals surface area contributed by atoms with Crippen molar-refractivity contribution in [1.82, 2.24) is 25.2 Å². The lowest BCUT2D eigenvalue weighted by Gasteiger charge is -2.49. The number of hydrogen-bond acceptors (Lipinski definition) is 6. The monoisotopic (exact) mass is 399 g/mol. The van der Waals surface area contributed by atoms with E-state index < -0.39 is 0 Å². The van der Waals surface area contributed by atoms with E-state index in [0.29, 0.717) is 25.1 Å². The molecule has 1 N–H and O–H groups in total. The second kappa shape index (κ2) is 8.92. The second-order valence-electron chi connectivity index (χ2n) is 7.88. The summed E-state index contributed by atoms with van der Waals surface area (Å²) >= 11 is 0. The second-order valence-corrected chi connectivity index (χ2v) is 7.88. The zero-order valence-corrected chi connectivity index (χ0v) is 17.1. The Balaban J connectivity index is 1.35. The van der Waals surface area contributed by atoms with Gasteiger partial charge in [-0.15, -0.1) is 5.10 Å². The number of piperidine rings is 3. The van der Waals surface area contributed by atoms with E-state index in [4.69, 9.17) is 9.47 Å². The van der Waals surface area contributed by atoms with Gasteiger partial charge in [-0.3, -0.25) is 14.4 Å². The lowest BCUT2D eigenvalue weighted by molar-refractivity contribution is -0.133. The zero-order chi connectivity index (χ0) is 20.2. The maximum absolute atomic E-state index is 12.5. The van der Waals surface area contributed by atoms with Gasteiger partial charge in [-0.25, -0.2) is 0 Å². The summed E-state index contributed by atoms with van der Waals surface area (Å²) in [7, 11) is 3.31. The van der Waals surface area contributed by atoms with Crippen molar-refractivity contribution in [2.24, 2.45) is 11.8 Å². The Labute approximate surface area is 171 Å². The van der Waals surface area contributed by atoms with Crippen molar-refractivity contribution in [3.05, 3.63) is 30.5 Å². The molecule has 8 nitrogen and oxygen atoms in total. The van der Waals surface area contributed by atoms with Crippen LogP contribution in [0, 0.1) is 11.8 Å². The number of nitrogens with zero attached hydrogens (tertiary/aromatic N) is 4. The van der Waals surface area contributed by atoms with Crippen LogP contribution in [0.1, 0.15) is 12.8 Å². The number of ether oxygens (including phenoxy) is 2. The number of aromatic nitrogens is 3. The Morgan fingerprint density at radius 2 is 2.10 bits per heavy atom. The van der Waals surface area contributed by atoms with Crippen molar-refractivity contribution < 1.29 is 14.3 Å². The molecule has 1 amide bonds. The van der Waals surface area contributed by atoms with E-state index in [-0.39, 0.29) is 11.8 Å². The quantitative estimate of drug-likeness (QED) is 0.677. The number of fused-ring (bicyclic) bond motifs is 3. The number of carbonyl (C=O) groups excluding carboxylic acids is 1. The molecular weight excluding hydrogens is 370 g/mol. The van der Waals surface area contributed by atoms with Crippen molar-refractivity contribution in [3.8, 4) is 17.0 Å². The number of carbonyl (C=O) groups is 1. The molecule has 29 heavy (non-hydrogen) atoms. The standard InChI is InChI=1S/C21H29N5O3/c1-28-10-8-22-21(27)19-13-25-9-7-16(19)11-17(25)12-26-14-20(23-24-26)15-3-5-18(29-2)6-4-15/h3-6,14,16-17,19H,7-13H2,1-2H3,(H,22,27). The number of hydrogen-bond donors (Lipinski definition) is 1. The highest BCUT2D eigenvalue weighted by molar-refractivity contribution is 5.79. The van der Waals surface area contributed by atoms with Gasteiger partial charge in [0.15, 0.2) is 0 Å². The molecule has 3 aliphatic heterocycles. The number of rotatable bonds is 8. The number of amides is 1. The fourth-order valence-electron chi connectivity index (χ4n) is 4.53. The fraction of sp³-hybridized carbons (Fsp3) is 0.571. The Kier molecular flexibility index (Phi) is 6.10. The molecule has 0 aliphatic carbocycles. The van der Waals surface area contributed by atoms with E-state index >= 15 is 0 Å². The van der Waals surface area contributed by atoms with Crippen molar-refractivity contribution in [1.29, 1.82) is 0 Å². The zero-order valence-electron chi connectivity index (χ0n) is 17.1. The van der Waals surface area contributed by atoms with Gasteiger partial charge in [0.1, 0.15) is 11.4 Å². The van der Waals surface area contributed by atoms with Gasteiger partial charge in [0.2, 0.25) is 5.91 Å². The molecule has 4 unspecified atom stereocenters. The normalized spacial score (nSPS) is 25.7. The van der Waals surface area contributed by atoms with Gasteiger partial charge in [0.25, 0.3) is 0 Å². The first-order chi connectivity index (χ1) is 14.2. The number of methoxy groups -OCH3 is 2. The van der Waals surface area contributed by atoms with Crippen LogP contribution in [0.4, 0.5) is 0 Å². The first-order valence-electron chi connectivity index (χ1n) is 10.2. The molecule has 4 heterocycles. The first kappa shape index (κ1) is 19.8. The van der Waals surface area contributed by atoms with Crippen LogP contribution in [0.2, 0.25) is 0 Å². The molecule has 1 aromatic carbocycles. The predicted octanol–water partition coefficient (Wildman–Crippen LogP) is 1.43. The summed E-state index contributed by atoms with van der Waals surface area (Å²) in [5.74, 6) is 1.52. The van der Waals surface area contributed by atoms with Gasteiger partial charge in [-0.1, -0.05) is 5.21 Å². The highest BCUT2D eigenvalue weighted by Crippen LogP contribution is 2.37. The summed E-state index contributed by atoms with van der Waals surface area (Å²) in [5, 5.41) is 11.7. The molecule has 156 valence electrons. The minimum Gasteiger partial charge on any atom is -0.497 e. The Bertz CT molecular complexity index is 822. The molecule has 8 heteroatoms. The third kappa shape index (κ3) is 4.43. The van der Waals surface area contributed by atoms with Crippen LogP contribution in [0.15, 0.2) is 30.5 Å². The van der Waals surface area contributed by atoms with E-state index in [0.717, 1.165) is 49.5 Å². The highest BCUT2D eigenvalue weighted by atomic mass is 16.5. The number of nitrogens with one attached hydrogen (secondary N) is 1. The first-order valence-corrected chi connectivity index (χ1v) is 10.2. The van der Waals surface area contributed by atoms with Gasteiger partial charge in [0, 0.05) is 31.8 Å². The molecule has 3 aliphatic rings. The lowest BCUT2D eigenvalue weighted by Crippen LogP contribution is -2.58. The molecule has 0 spiro atoms. The fourth-order valence-corrected chi connectivity index (χ4v) is 4.53. The maximum atomic E-state index is 12.5. The summed E-state index contributed by atoms with van der Waals surface area (Å²) in [6.07, 6.45) is 4.12. The minimum atomic E-state index is 0.0856. The van der Waals surface area contributed by atoms with E-state index in [1.165, 1.54) is 0 Å². The molecule has 4 atom stereocenters. The molecule has 0 saturated carbocycles. The Morgan fingerprint density at radius 3 is 2.79 bits per heavy atom. The summed E-state index contributed by atoms with van der Waals surface area (Å²) in [6, 6.07) is 8.25. The molecule has 5 rings (SSSR count). The highest BCUT2D eigenvalue weighted by Gasteiger charge is 2.43. The van der Waals surface area contributed by atoms with Crippen LogP contribution in [0.5, 0.6) is 5.75 Å². The van der Waals surface area contributed by atoms with Crippen LogP contribution in [-0.2, 0) is 16.1 Å². The van der Waals surface area contributed by atoms with Crippen molar-refractivity contribution in [2.45, 2.75) is 25.4 Å². The predicted molar refractivity (Wildman–Crippen MR) is 108 cm³/mol. The van der Waals surface area contributed by atoms with Gasteiger partial charge in [0.05, 0.1) is 32.4 Å². The summed E-state index contributed by atoms with van der Waals surface area (Å²) in [6.45, 7) is 3.82. The third-order valence-corrected chi connectivity index (χ3v) is 6.14. The van der Waals surface area contributed by atoms with Crippen molar-refractivity contribution >= 4 is 5.91 Å². The van der Waals surface area contributed by atoms with E-state index in [9.17, 15) is 4.79 Å². The third-order valence-electron chi connectivity index (χ3n) is 6.14. The Morgan fingerprint density at radius 1 is 1.28 bits per heavy atom.